The summed E-state index contributed by atoms with van der Waals surface area (Å²) in [5.41, 5.74) is 7.95. The molecule has 0 unspecified atom stereocenters. The van der Waals surface area contributed by atoms with Gasteiger partial charge in [0.15, 0.2) is 0 Å². The zero-order valence-electron chi connectivity index (χ0n) is 11.7. The standard InChI is InChI=1S/C15H19FN4/c1-10(2)15-19-9-13(18-8-7-17)14(20-15)11-3-5-12(16)6-4-11/h3-6,9-10,18H,7-8,17H2,1-2H3. The van der Waals surface area contributed by atoms with Crippen molar-refractivity contribution in [2.75, 3.05) is 18.4 Å². The summed E-state index contributed by atoms with van der Waals surface area (Å²) in [6.07, 6.45) is 1.76. The molecule has 0 bridgehead atoms. The normalized spacial score (nSPS) is 10.8. The first-order chi connectivity index (χ1) is 9.61. The molecule has 5 heteroatoms. The Kier molecular flexibility index (Phi) is 4.63. The van der Waals surface area contributed by atoms with Gasteiger partial charge in [0.05, 0.1) is 17.6 Å². The number of nitrogens with one attached hydrogen (secondary N) is 1. The molecule has 3 N–H and O–H groups in total. The molecule has 2 aromatic rings. The van der Waals surface area contributed by atoms with Crippen LogP contribution < -0.4 is 11.1 Å². The van der Waals surface area contributed by atoms with Crippen molar-refractivity contribution in [3.05, 3.63) is 42.1 Å². The molecule has 1 aromatic heterocycles. The first kappa shape index (κ1) is 14.4. The minimum absolute atomic E-state index is 0.234. The lowest BCUT2D eigenvalue weighted by Gasteiger charge is -2.13. The van der Waals surface area contributed by atoms with E-state index in [1.165, 1.54) is 12.1 Å². The third kappa shape index (κ3) is 3.30. The summed E-state index contributed by atoms with van der Waals surface area (Å²) in [7, 11) is 0. The second-order valence-electron chi connectivity index (χ2n) is 4.87. The van der Waals surface area contributed by atoms with Gasteiger partial charge in [0.25, 0.3) is 0 Å². The first-order valence-corrected chi connectivity index (χ1v) is 6.68. The third-order valence-corrected chi connectivity index (χ3v) is 2.90. The monoisotopic (exact) mass is 274 g/mol. The third-order valence-electron chi connectivity index (χ3n) is 2.90. The summed E-state index contributed by atoms with van der Waals surface area (Å²) in [5, 5.41) is 3.20. The molecule has 0 amide bonds. The Morgan fingerprint density at radius 1 is 1.25 bits per heavy atom. The van der Waals surface area contributed by atoms with Crippen molar-refractivity contribution in [1.82, 2.24) is 9.97 Å². The molecule has 1 heterocycles. The van der Waals surface area contributed by atoms with Gasteiger partial charge in [-0.25, -0.2) is 14.4 Å². The van der Waals surface area contributed by atoms with Crippen LogP contribution in [0.1, 0.15) is 25.6 Å². The molecule has 0 fully saturated rings. The van der Waals surface area contributed by atoms with Crippen molar-refractivity contribution in [2.24, 2.45) is 5.73 Å². The fraction of sp³-hybridized carbons (Fsp3) is 0.333. The number of aromatic nitrogens is 2. The van der Waals surface area contributed by atoms with Gasteiger partial charge in [0.1, 0.15) is 11.6 Å². The number of nitrogens with zero attached hydrogens (tertiary/aromatic N) is 2. The Bertz CT molecular complexity index is 567. The molecule has 0 aliphatic heterocycles. The smallest absolute Gasteiger partial charge is 0.131 e. The van der Waals surface area contributed by atoms with Crippen LogP contribution in [-0.2, 0) is 0 Å². The van der Waals surface area contributed by atoms with E-state index in [1.807, 2.05) is 13.8 Å². The maximum absolute atomic E-state index is 13.0. The van der Waals surface area contributed by atoms with Crippen LogP contribution in [0, 0.1) is 5.82 Å². The fourth-order valence-electron chi connectivity index (χ4n) is 1.84. The minimum Gasteiger partial charge on any atom is -0.381 e. The Morgan fingerprint density at radius 3 is 2.55 bits per heavy atom. The topological polar surface area (TPSA) is 63.8 Å². The van der Waals surface area contributed by atoms with Crippen LogP contribution in [0.3, 0.4) is 0 Å². The number of rotatable bonds is 5. The zero-order chi connectivity index (χ0) is 14.5. The lowest BCUT2D eigenvalue weighted by Crippen LogP contribution is -2.14. The van der Waals surface area contributed by atoms with Gasteiger partial charge in [-0.3, -0.25) is 0 Å². The average Bonchev–Trinajstić information content (AvgIpc) is 2.45. The maximum Gasteiger partial charge on any atom is 0.131 e. The molecule has 106 valence electrons. The quantitative estimate of drug-likeness (QED) is 0.880. The second kappa shape index (κ2) is 6.43. The van der Waals surface area contributed by atoms with Crippen molar-refractivity contribution in [1.29, 1.82) is 0 Å². The van der Waals surface area contributed by atoms with Crippen LogP contribution in [0.2, 0.25) is 0 Å². The van der Waals surface area contributed by atoms with Gasteiger partial charge < -0.3 is 11.1 Å². The fourth-order valence-corrected chi connectivity index (χ4v) is 1.84. The first-order valence-electron chi connectivity index (χ1n) is 6.68. The van der Waals surface area contributed by atoms with Crippen molar-refractivity contribution in [3.8, 4) is 11.3 Å². The second-order valence-corrected chi connectivity index (χ2v) is 4.87. The van der Waals surface area contributed by atoms with E-state index in [2.05, 4.69) is 15.3 Å². The Morgan fingerprint density at radius 2 is 1.95 bits per heavy atom. The molecule has 0 atom stereocenters. The van der Waals surface area contributed by atoms with E-state index in [9.17, 15) is 4.39 Å². The van der Waals surface area contributed by atoms with Crippen molar-refractivity contribution < 1.29 is 4.39 Å². The molecule has 4 nitrogen and oxygen atoms in total. The van der Waals surface area contributed by atoms with E-state index in [-0.39, 0.29) is 11.7 Å². The molecule has 20 heavy (non-hydrogen) atoms. The highest BCUT2D eigenvalue weighted by atomic mass is 19.1. The number of halogens is 1. The van der Waals surface area contributed by atoms with Gasteiger partial charge in [-0.2, -0.15) is 0 Å². The van der Waals surface area contributed by atoms with Crippen molar-refractivity contribution >= 4 is 5.69 Å². The SMILES string of the molecule is CC(C)c1ncc(NCCN)c(-c2ccc(F)cc2)n1. The summed E-state index contributed by atoms with van der Waals surface area (Å²) in [6, 6.07) is 6.29. The number of benzene rings is 1. The van der Waals surface area contributed by atoms with Crippen LogP contribution >= 0.6 is 0 Å². The molecule has 0 saturated carbocycles. The predicted octanol–water partition coefficient (Wildman–Crippen LogP) is 2.78. The maximum atomic E-state index is 13.0. The van der Waals surface area contributed by atoms with Crippen LogP contribution in [0.25, 0.3) is 11.3 Å². The number of anilines is 1. The largest absolute Gasteiger partial charge is 0.381 e. The van der Waals surface area contributed by atoms with Crippen LogP contribution in [-0.4, -0.2) is 23.1 Å². The van der Waals surface area contributed by atoms with Crippen molar-refractivity contribution in [3.63, 3.8) is 0 Å². The van der Waals surface area contributed by atoms with Gasteiger partial charge in [0.2, 0.25) is 0 Å². The predicted molar refractivity (Wildman–Crippen MR) is 79.1 cm³/mol. The van der Waals surface area contributed by atoms with Crippen LogP contribution in [0.15, 0.2) is 30.5 Å². The Balaban J connectivity index is 2.45. The molecule has 0 radical (unpaired) electrons. The van der Waals surface area contributed by atoms with E-state index in [0.717, 1.165) is 22.8 Å². The Hall–Kier alpha value is -2.01. The summed E-state index contributed by atoms with van der Waals surface area (Å²) in [6.45, 7) is 5.24. The highest BCUT2D eigenvalue weighted by molar-refractivity contribution is 5.73. The summed E-state index contributed by atoms with van der Waals surface area (Å²) in [5.74, 6) is 0.740. The number of hydrogen-bond donors (Lipinski definition) is 2. The molecule has 0 aliphatic carbocycles. The lowest BCUT2D eigenvalue weighted by molar-refractivity contribution is 0.628. The van der Waals surface area contributed by atoms with Crippen molar-refractivity contribution in [2.45, 2.75) is 19.8 Å². The van der Waals surface area contributed by atoms with Crippen LogP contribution in [0.4, 0.5) is 10.1 Å². The minimum atomic E-state index is -0.261. The molecule has 0 saturated heterocycles. The molecule has 1 aromatic carbocycles. The van der Waals surface area contributed by atoms with Gasteiger partial charge in [-0.15, -0.1) is 0 Å². The Labute approximate surface area is 118 Å². The van der Waals surface area contributed by atoms with Crippen LogP contribution in [0.5, 0.6) is 0 Å². The zero-order valence-corrected chi connectivity index (χ0v) is 11.7. The molecule has 0 spiro atoms. The molecule has 2 rings (SSSR count). The number of hydrogen-bond acceptors (Lipinski definition) is 4. The highest BCUT2D eigenvalue weighted by Gasteiger charge is 2.11. The molecular weight excluding hydrogens is 255 g/mol. The summed E-state index contributed by atoms with van der Waals surface area (Å²) < 4.78 is 13.0. The van der Waals surface area contributed by atoms with Gasteiger partial charge in [-0.1, -0.05) is 13.8 Å². The van der Waals surface area contributed by atoms with E-state index in [0.29, 0.717) is 13.1 Å². The lowest BCUT2D eigenvalue weighted by atomic mass is 10.1. The summed E-state index contributed by atoms with van der Waals surface area (Å²) >= 11 is 0. The highest BCUT2D eigenvalue weighted by Crippen LogP contribution is 2.26. The van der Waals surface area contributed by atoms with E-state index in [1.54, 1.807) is 18.3 Å². The van der Waals surface area contributed by atoms with Gasteiger partial charge in [0, 0.05) is 24.6 Å². The molecular formula is C15H19FN4. The average molecular weight is 274 g/mol. The van der Waals surface area contributed by atoms with Gasteiger partial charge in [-0.05, 0) is 24.3 Å². The van der Waals surface area contributed by atoms with E-state index >= 15 is 0 Å². The van der Waals surface area contributed by atoms with E-state index in [4.69, 9.17) is 5.73 Å². The summed E-state index contributed by atoms with van der Waals surface area (Å²) in [4.78, 5) is 8.93. The van der Waals surface area contributed by atoms with E-state index < -0.39 is 0 Å². The molecule has 0 aliphatic rings. The number of nitrogens with two attached hydrogens (primary N) is 1. The van der Waals surface area contributed by atoms with Gasteiger partial charge >= 0.3 is 0 Å².